The lowest BCUT2D eigenvalue weighted by molar-refractivity contribution is 0.0210. The number of carbonyl (C=O) groups is 1. The molecule has 0 bridgehead atoms. The van der Waals surface area contributed by atoms with Crippen LogP contribution < -0.4 is 10.1 Å². The second kappa shape index (κ2) is 9.03. The van der Waals surface area contributed by atoms with Gasteiger partial charge >= 0.3 is 6.09 Å². The van der Waals surface area contributed by atoms with Crippen LogP contribution >= 0.6 is 0 Å². The molecule has 2 aliphatic rings. The predicted molar refractivity (Wildman–Crippen MR) is 112 cm³/mol. The Balaban J connectivity index is 1.42. The predicted octanol–water partition coefficient (Wildman–Crippen LogP) is 3.97. The van der Waals surface area contributed by atoms with Gasteiger partial charge < -0.3 is 24.6 Å². The van der Waals surface area contributed by atoms with E-state index >= 15 is 0 Å². The van der Waals surface area contributed by atoms with Crippen molar-refractivity contribution >= 4 is 11.8 Å². The number of likely N-dealkylation sites (tertiary alicyclic amines) is 2. The number of hydrogen-bond acceptors (Lipinski definition) is 5. The molecule has 0 unspecified atom stereocenters. The molecule has 0 atom stereocenters. The van der Waals surface area contributed by atoms with Crippen LogP contribution in [0.15, 0.2) is 24.3 Å². The van der Waals surface area contributed by atoms with Crippen molar-refractivity contribution in [2.45, 2.75) is 64.2 Å². The first-order valence-corrected chi connectivity index (χ1v) is 10.5. The largest absolute Gasteiger partial charge is 0.490 e. The van der Waals surface area contributed by atoms with Crippen LogP contribution in [-0.4, -0.2) is 66.9 Å². The normalized spacial score (nSPS) is 20.1. The van der Waals surface area contributed by atoms with E-state index in [4.69, 9.17) is 9.47 Å². The molecule has 1 N–H and O–H groups in total. The van der Waals surface area contributed by atoms with E-state index in [1.54, 1.807) is 0 Å². The lowest BCUT2D eigenvalue weighted by Crippen LogP contribution is -2.44. The fourth-order valence-corrected chi connectivity index (χ4v) is 3.69. The Hall–Kier alpha value is -1.95. The van der Waals surface area contributed by atoms with Gasteiger partial charge in [0.15, 0.2) is 0 Å². The van der Waals surface area contributed by atoms with Crippen molar-refractivity contribution in [3.8, 4) is 5.75 Å². The van der Waals surface area contributed by atoms with Crippen LogP contribution in [0.3, 0.4) is 0 Å². The van der Waals surface area contributed by atoms with Gasteiger partial charge in [-0.3, -0.25) is 0 Å². The first-order chi connectivity index (χ1) is 13.3. The Morgan fingerprint density at radius 3 is 2.18 bits per heavy atom. The van der Waals surface area contributed by atoms with Crippen LogP contribution in [-0.2, 0) is 4.74 Å². The van der Waals surface area contributed by atoms with E-state index in [2.05, 4.69) is 41.5 Å². The summed E-state index contributed by atoms with van der Waals surface area (Å²) < 4.78 is 11.6. The maximum absolute atomic E-state index is 12.2. The summed E-state index contributed by atoms with van der Waals surface area (Å²) in [7, 11) is 2.16. The van der Waals surface area contributed by atoms with Crippen molar-refractivity contribution in [1.29, 1.82) is 0 Å². The van der Waals surface area contributed by atoms with E-state index in [9.17, 15) is 4.79 Å². The molecule has 2 heterocycles. The van der Waals surface area contributed by atoms with Gasteiger partial charge in [0.2, 0.25) is 0 Å². The molecule has 0 aliphatic carbocycles. The Kier molecular flexibility index (Phi) is 6.70. The Morgan fingerprint density at radius 1 is 1.00 bits per heavy atom. The minimum atomic E-state index is -0.441. The number of carbonyl (C=O) groups excluding carboxylic acids is 1. The minimum absolute atomic E-state index is 0.207. The number of piperidine rings is 2. The molecule has 2 fully saturated rings. The third-order valence-corrected chi connectivity index (χ3v) is 5.34. The zero-order valence-electron chi connectivity index (χ0n) is 17.7. The van der Waals surface area contributed by atoms with E-state index in [1.807, 2.05) is 25.7 Å². The van der Waals surface area contributed by atoms with Crippen molar-refractivity contribution in [2.75, 3.05) is 38.5 Å². The van der Waals surface area contributed by atoms with Crippen molar-refractivity contribution < 1.29 is 14.3 Å². The Labute approximate surface area is 169 Å². The molecule has 6 heteroatoms. The highest BCUT2D eigenvalue weighted by Gasteiger charge is 2.26. The SMILES string of the molecule is CN1CCC(Oc2ccc(NC3CCN(C(=O)OC(C)(C)C)CC3)cc2)CC1. The molecule has 156 valence electrons. The zero-order valence-corrected chi connectivity index (χ0v) is 17.7. The summed E-state index contributed by atoms with van der Waals surface area (Å²) in [4.78, 5) is 16.3. The molecule has 3 rings (SSSR count). The molecule has 1 aromatic rings. The molecule has 1 amide bonds. The maximum atomic E-state index is 12.2. The monoisotopic (exact) mass is 389 g/mol. The highest BCUT2D eigenvalue weighted by molar-refractivity contribution is 5.68. The molecule has 2 saturated heterocycles. The van der Waals surface area contributed by atoms with E-state index < -0.39 is 5.60 Å². The lowest BCUT2D eigenvalue weighted by Gasteiger charge is -2.34. The highest BCUT2D eigenvalue weighted by atomic mass is 16.6. The van der Waals surface area contributed by atoms with Gasteiger partial charge in [-0.1, -0.05) is 0 Å². The quantitative estimate of drug-likeness (QED) is 0.844. The van der Waals surface area contributed by atoms with Crippen molar-refractivity contribution in [1.82, 2.24) is 9.80 Å². The summed E-state index contributed by atoms with van der Waals surface area (Å²) in [6.45, 7) is 9.37. The average Bonchev–Trinajstić information content (AvgIpc) is 2.64. The van der Waals surface area contributed by atoms with Crippen molar-refractivity contribution in [3.05, 3.63) is 24.3 Å². The maximum Gasteiger partial charge on any atom is 0.410 e. The summed E-state index contributed by atoms with van der Waals surface area (Å²) in [6.07, 6.45) is 4.15. The van der Waals surface area contributed by atoms with E-state index in [0.717, 1.165) is 63.3 Å². The van der Waals surface area contributed by atoms with Crippen LogP contribution in [0.2, 0.25) is 0 Å². The number of rotatable bonds is 4. The van der Waals surface area contributed by atoms with Crippen LogP contribution in [0.4, 0.5) is 10.5 Å². The topological polar surface area (TPSA) is 54.0 Å². The van der Waals surface area contributed by atoms with Crippen LogP contribution in [0, 0.1) is 0 Å². The molecule has 6 nitrogen and oxygen atoms in total. The molecular weight excluding hydrogens is 354 g/mol. The van der Waals surface area contributed by atoms with E-state index in [1.165, 1.54) is 0 Å². The summed E-state index contributed by atoms with van der Waals surface area (Å²) in [5.74, 6) is 0.944. The van der Waals surface area contributed by atoms with Gasteiger partial charge in [-0.25, -0.2) is 4.79 Å². The standard InChI is InChI=1S/C22H35N3O3/c1-22(2,3)28-21(26)25-15-9-18(10-16-25)23-17-5-7-19(8-6-17)27-20-11-13-24(4)14-12-20/h5-8,18,20,23H,9-16H2,1-4H3. The van der Waals surface area contributed by atoms with Gasteiger partial charge in [0, 0.05) is 37.9 Å². The number of hydrogen-bond donors (Lipinski definition) is 1. The van der Waals surface area contributed by atoms with Crippen molar-refractivity contribution in [2.24, 2.45) is 0 Å². The zero-order chi connectivity index (χ0) is 20.1. The van der Waals surface area contributed by atoms with Gasteiger partial charge in [0.25, 0.3) is 0 Å². The van der Waals surface area contributed by atoms with Crippen molar-refractivity contribution in [3.63, 3.8) is 0 Å². The summed E-state index contributed by atoms with van der Waals surface area (Å²) in [5, 5.41) is 3.58. The van der Waals surface area contributed by atoms with E-state index in [-0.39, 0.29) is 6.09 Å². The molecular formula is C22H35N3O3. The minimum Gasteiger partial charge on any atom is -0.490 e. The molecule has 0 spiro atoms. The summed E-state index contributed by atoms with van der Waals surface area (Å²) in [5.41, 5.74) is 0.662. The van der Waals surface area contributed by atoms with Gasteiger partial charge in [-0.15, -0.1) is 0 Å². The van der Waals surface area contributed by atoms with Gasteiger partial charge in [0.1, 0.15) is 17.5 Å². The summed E-state index contributed by atoms with van der Waals surface area (Å²) >= 11 is 0. The molecule has 0 radical (unpaired) electrons. The third kappa shape index (κ3) is 6.30. The fourth-order valence-electron chi connectivity index (χ4n) is 3.69. The third-order valence-electron chi connectivity index (χ3n) is 5.34. The lowest BCUT2D eigenvalue weighted by atomic mass is 10.0. The molecule has 0 aromatic heterocycles. The number of amides is 1. The molecule has 1 aromatic carbocycles. The number of nitrogens with zero attached hydrogens (tertiary/aromatic N) is 2. The Bertz CT molecular complexity index is 625. The highest BCUT2D eigenvalue weighted by Crippen LogP contribution is 2.23. The second-order valence-corrected chi connectivity index (χ2v) is 9.03. The number of ether oxygens (including phenoxy) is 2. The smallest absolute Gasteiger partial charge is 0.410 e. The van der Waals surface area contributed by atoms with E-state index in [0.29, 0.717) is 12.1 Å². The second-order valence-electron chi connectivity index (χ2n) is 9.03. The Morgan fingerprint density at radius 2 is 1.61 bits per heavy atom. The molecule has 0 saturated carbocycles. The van der Waals surface area contributed by atoms with Crippen LogP contribution in [0.1, 0.15) is 46.5 Å². The first-order valence-electron chi connectivity index (χ1n) is 10.5. The average molecular weight is 390 g/mol. The summed E-state index contributed by atoms with van der Waals surface area (Å²) in [6, 6.07) is 8.65. The first kappa shape index (κ1) is 20.8. The number of nitrogens with one attached hydrogen (secondary N) is 1. The van der Waals surface area contributed by atoms with Gasteiger partial charge in [0.05, 0.1) is 0 Å². The van der Waals surface area contributed by atoms with Crippen LogP contribution in [0.5, 0.6) is 5.75 Å². The van der Waals surface area contributed by atoms with Gasteiger partial charge in [-0.2, -0.15) is 0 Å². The van der Waals surface area contributed by atoms with Gasteiger partial charge in [-0.05, 0) is 77.8 Å². The number of benzene rings is 1. The van der Waals surface area contributed by atoms with Crippen LogP contribution in [0.25, 0.3) is 0 Å². The fraction of sp³-hybridized carbons (Fsp3) is 0.682. The number of anilines is 1. The molecule has 28 heavy (non-hydrogen) atoms. The molecule has 2 aliphatic heterocycles.